The Morgan fingerprint density at radius 1 is 0.254 bits per heavy atom. The highest BCUT2D eigenvalue weighted by Gasteiger charge is 2.18. The molecule has 0 saturated heterocycles. The summed E-state index contributed by atoms with van der Waals surface area (Å²) in [5.41, 5.74) is 18.5. The van der Waals surface area contributed by atoms with Crippen molar-refractivity contribution < 1.29 is 0 Å². The molecular weight excluding hydrogens is 711 g/mol. The molecule has 0 radical (unpaired) electrons. The average molecular weight is 752 g/mol. The van der Waals surface area contributed by atoms with Gasteiger partial charge in [0.2, 0.25) is 0 Å². The van der Waals surface area contributed by atoms with Crippen LogP contribution in [0.5, 0.6) is 0 Å². The van der Waals surface area contributed by atoms with E-state index in [0.29, 0.717) is 0 Å². The zero-order chi connectivity index (χ0) is 39.5. The second kappa shape index (κ2) is 14.2. The van der Waals surface area contributed by atoms with Crippen molar-refractivity contribution in [3.05, 3.63) is 223 Å². The minimum absolute atomic E-state index is 1.17. The molecule has 11 rings (SSSR count). The van der Waals surface area contributed by atoms with E-state index >= 15 is 0 Å². The monoisotopic (exact) mass is 751 g/mol. The molecule has 0 spiro atoms. The number of aryl methyl sites for hydroxylation is 2. The number of fused-ring (bicyclic) bond motifs is 5. The molecule has 0 fully saturated rings. The van der Waals surface area contributed by atoms with E-state index in [1.807, 2.05) is 0 Å². The lowest BCUT2D eigenvalue weighted by atomic mass is 9.84. The van der Waals surface area contributed by atoms with E-state index in [4.69, 9.17) is 0 Å². The van der Waals surface area contributed by atoms with Crippen molar-refractivity contribution in [2.75, 3.05) is 0 Å². The standard InChI is InChI=1S/C58H41N/c1-38-18-33-51-53(35-38)57(45-27-23-43(24-28-45)42-21-19-41(20-22-42)40-11-5-3-6-12-40)50-32-17-39(2)36-54(50)58(51)46-29-25-44(26-30-46)47-31-34-56-52(37-47)49-15-9-10-16-55(49)59(56)48-13-7-4-8-14-48/h3-37H,1-2H3. The zero-order valence-corrected chi connectivity index (χ0v) is 33.2. The van der Waals surface area contributed by atoms with Crippen molar-refractivity contribution in [1.82, 2.24) is 4.57 Å². The number of aromatic nitrogens is 1. The number of hydrogen-bond donors (Lipinski definition) is 0. The second-order valence-electron chi connectivity index (χ2n) is 15.9. The Labute approximate surface area is 345 Å². The number of para-hydroxylation sites is 2. The molecule has 10 aromatic carbocycles. The molecule has 0 atom stereocenters. The van der Waals surface area contributed by atoms with Crippen LogP contribution >= 0.6 is 0 Å². The summed E-state index contributed by atoms with van der Waals surface area (Å²) in [6.45, 7) is 4.40. The molecule has 0 amide bonds. The summed E-state index contributed by atoms with van der Waals surface area (Å²) in [6, 6.07) is 78.1. The average Bonchev–Trinajstić information content (AvgIpc) is 3.63. The Morgan fingerprint density at radius 3 is 1.20 bits per heavy atom. The maximum Gasteiger partial charge on any atom is 0.0541 e. The first-order valence-electron chi connectivity index (χ1n) is 20.5. The highest BCUT2D eigenvalue weighted by Crippen LogP contribution is 2.45. The Morgan fingerprint density at radius 2 is 0.661 bits per heavy atom. The molecule has 278 valence electrons. The Bertz CT molecular complexity index is 3340. The van der Waals surface area contributed by atoms with Crippen molar-refractivity contribution in [1.29, 1.82) is 0 Å². The predicted molar refractivity (Wildman–Crippen MR) is 252 cm³/mol. The van der Waals surface area contributed by atoms with Gasteiger partial charge in [0.1, 0.15) is 0 Å². The van der Waals surface area contributed by atoms with Gasteiger partial charge in [-0.25, -0.2) is 0 Å². The van der Waals surface area contributed by atoms with E-state index in [2.05, 4.69) is 231 Å². The van der Waals surface area contributed by atoms with Crippen molar-refractivity contribution >= 4 is 43.4 Å². The van der Waals surface area contributed by atoms with Gasteiger partial charge in [-0.15, -0.1) is 0 Å². The highest BCUT2D eigenvalue weighted by atomic mass is 15.0. The van der Waals surface area contributed by atoms with Crippen molar-refractivity contribution in [3.63, 3.8) is 0 Å². The third kappa shape index (κ3) is 6.02. The van der Waals surface area contributed by atoms with E-state index in [1.165, 1.54) is 116 Å². The molecule has 1 heterocycles. The zero-order valence-electron chi connectivity index (χ0n) is 33.2. The van der Waals surface area contributed by atoms with Gasteiger partial charge in [-0.3, -0.25) is 0 Å². The first-order chi connectivity index (χ1) is 29.1. The van der Waals surface area contributed by atoms with Gasteiger partial charge in [0, 0.05) is 16.5 Å². The van der Waals surface area contributed by atoms with Crippen molar-refractivity contribution in [2.24, 2.45) is 0 Å². The normalized spacial score (nSPS) is 11.6. The smallest absolute Gasteiger partial charge is 0.0541 e. The first-order valence-corrected chi connectivity index (χ1v) is 20.5. The minimum Gasteiger partial charge on any atom is -0.309 e. The molecule has 0 N–H and O–H groups in total. The fourth-order valence-corrected chi connectivity index (χ4v) is 9.23. The number of benzene rings is 10. The molecule has 1 heteroatoms. The van der Waals surface area contributed by atoms with Crippen LogP contribution in [0.4, 0.5) is 0 Å². The van der Waals surface area contributed by atoms with E-state index in [-0.39, 0.29) is 0 Å². The van der Waals surface area contributed by atoms with Crippen LogP contribution in [0.15, 0.2) is 212 Å². The fourth-order valence-electron chi connectivity index (χ4n) is 9.23. The molecule has 0 aliphatic carbocycles. The number of rotatable bonds is 6. The molecule has 1 aromatic heterocycles. The fraction of sp³-hybridized carbons (Fsp3) is 0.0345. The van der Waals surface area contributed by atoms with Gasteiger partial charge in [0.15, 0.2) is 0 Å². The van der Waals surface area contributed by atoms with Crippen LogP contribution < -0.4 is 0 Å². The molecule has 0 aliphatic heterocycles. The summed E-state index contributed by atoms with van der Waals surface area (Å²) in [6.07, 6.45) is 0. The highest BCUT2D eigenvalue weighted by molar-refractivity contribution is 6.21. The van der Waals surface area contributed by atoms with Gasteiger partial charge in [-0.05, 0) is 121 Å². The third-order valence-electron chi connectivity index (χ3n) is 12.1. The lowest BCUT2D eigenvalue weighted by Crippen LogP contribution is -1.93. The summed E-state index contributed by atoms with van der Waals surface area (Å²) < 4.78 is 2.38. The number of nitrogens with zero attached hydrogens (tertiary/aromatic N) is 1. The SMILES string of the molecule is Cc1ccc2c(-c3ccc(-c4ccc5c(c4)c4ccccc4n5-c4ccccc4)cc3)c3cc(C)ccc3c(-c3ccc(-c4ccc(-c5ccccc5)cc4)cc3)c2c1. The summed E-state index contributed by atoms with van der Waals surface area (Å²) in [7, 11) is 0. The lowest BCUT2D eigenvalue weighted by molar-refractivity contribution is 1.18. The Hall–Kier alpha value is -7.48. The largest absolute Gasteiger partial charge is 0.309 e. The quantitative estimate of drug-likeness (QED) is 0.149. The molecule has 0 aliphatic rings. The first kappa shape index (κ1) is 34.7. The maximum atomic E-state index is 2.38. The van der Waals surface area contributed by atoms with Crippen LogP contribution in [0.3, 0.4) is 0 Å². The molecule has 0 unspecified atom stereocenters. The lowest BCUT2D eigenvalue weighted by Gasteiger charge is -2.19. The van der Waals surface area contributed by atoms with Gasteiger partial charge >= 0.3 is 0 Å². The van der Waals surface area contributed by atoms with E-state index in [0.717, 1.165) is 0 Å². The molecular formula is C58H41N. The van der Waals surface area contributed by atoms with Crippen LogP contribution in [0, 0.1) is 13.8 Å². The van der Waals surface area contributed by atoms with Crippen LogP contribution in [0.25, 0.3) is 105 Å². The van der Waals surface area contributed by atoms with E-state index in [1.54, 1.807) is 0 Å². The summed E-state index contributed by atoms with van der Waals surface area (Å²) in [5.74, 6) is 0. The van der Waals surface area contributed by atoms with Crippen LogP contribution in [0.1, 0.15) is 11.1 Å². The maximum absolute atomic E-state index is 2.38. The molecule has 0 saturated carbocycles. The van der Waals surface area contributed by atoms with Crippen molar-refractivity contribution in [2.45, 2.75) is 13.8 Å². The van der Waals surface area contributed by atoms with Crippen molar-refractivity contribution in [3.8, 4) is 61.3 Å². The van der Waals surface area contributed by atoms with Crippen LogP contribution in [-0.4, -0.2) is 4.57 Å². The second-order valence-corrected chi connectivity index (χ2v) is 15.9. The summed E-state index contributed by atoms with van der Waals surface area (Å²) in [5, 5.41) is 7.62. The van der Waals surface area contributed by atoms with E-state index in [9.17, 15) is 0 Å². The summed E-state index contributed by atoms with van der Waals surface area (Å²) in [4.78, 5) is 0. The third-order valence-corrected chi connectivity index (χ3v) is 12.1. The topological polar surface area (TPSA) is 4.93 Å². The molecule has 11 aromatic rings. The predicted octanol–water partition coefficient (Wildman–Crippen LogP) is 16.0. The molecule has 0 bridgehead atoms. The minimum atomic E-state index is 1.17. The number of hydrogen-bond acceptors (Lipinski definition) is 0. The van der Waals surface area contributed by atoms with Crippen LogP contribution in [-0.2, 0) is 0 Å². The van der Waals surface area contributed by atoms with Gasteiger partial charge in [0.05, 0.1) is 11.0 Å². The van der Waals surface area contributed by atoms with Gasteiger partial charge in [-0.1, -0.05) is 193 Å². The molecule has 1 nitrogen and oxygen atoms in total. The Kier molecular flexibility index (Phi) is 8.34. The van der Waals surface area contributed by atoms with E-state index < -0.39 is 0 Å². The summed E-state index contributed by atoms with van der Waals surface area (Å²) >= 11 is 0. The Balaban J connectivity index is 1.00. The van der Waals surface area contributed by atoms with Gasteiger partial charge < -0.3 is 4.57 Å². The molecule has 59 heavy (non-hydrogen) atoms. The van der Waals surface area contributed by atoms with Crippen LogP contribution in [0.2, 0.25) is 0 Å². The van der Waals surface area contributed by atoms with Gasteiger partial charge in [-0.2, -0.15) is 0 Å². The van der Waals surface area contributed by atoms with Gasteiger partial charge in [0.25, 0.3) is 0 Å².